The van der Waals surface area contributed by atoms with E-state index in [-0.39, 0.29) is 6.04 Å². The van der Waals surface area contributed by atoms with Gasteiger partial charge in [0.15, 0.2) is 5.58 Å². The summed E-state index contributed by atoms with van der Waals surface area (Å²) >= 11 is 5.96. The second kappa shape index (κ2) is 8.11. The van der Waals surface area contributed by atoms with Crippen LogP contribution in [0.4, 0.5) is 6.01 Å². The van der Waals surface area contributed by atoms with Crippen LogP contribution >= 0.6 is 11.6 Å². The lowest BCUT2D eigenvalue weighted by Crippen LogP contribution is -2.32. The molecule has 8 heteroatoms. The molecule has 1 saturated carbocycles. The van der Waals surface area contributed by atoms with Crippen LogP contribution in [0.25, 0.3) is 11.1 Å². The minimum absolute atomic E-state index is 0.0695. The summed E-state index contributed by atoms with van der Waals surface area (Å²) in [5.74, 6) is 0. The van der Waals surface area contributed by atoms with Crippen LogP contribution in [0.3, 0.4) is 0 Å². The molecule has 0 saturated heterocycles. The van der Waals surface area contributed by atoms with Gasteiger partial charge in [-0.2, -0.15) is 4.98 Å². The zero-order chi connectivity index (χ0) is 19.6. The van der Waals surface area contributed by atoms with E-state index in [0.29, 0.717) is 33.6 Å². The number of hydrogen-bond donors (Lipinski definition) is 2. The summed E-state index contributed by atoms with van der Waals surface area (Å²) in [6, 6.07) is 12.8. The molecule has 0 bridgehead atoms. The molecule has 1 fully saturated rings. The van der Waals surface area contributed by atoms with Gasteiger partial charge in [-0.1, -0.05) is 36.6 Å². The lowest BCUT2D eigenvalue weighted by atomic mass is 10.1. The van der Waals surface area contributed by atoms with Crippen LogP contribution in [-0.4, -0.2) is 26.0 Å². The molecule has 1 aromatic heterocycles. The third-order valence-corrected chi connectivity index (χ3v) is 6.72. The molecule has 1 heterocycles. The Morgan fingerprint density at radius 3 is 2.61 bits per heavy atom. The zero-order valence-electron chi connectivity index (χ0n) is 15.3. The van der Waals surface area contributed by atoms with E-state index >= 15 is 0 Å². The van der Waals surface area contributed by atoms with Crippen molar-refractivity contribution in [3.05, 3.63) is 53.1 Å². The highest BCUT2D eigenvalue weighted by Crippen LogP contribution is 2.23. The molecular weight excluding hydrogens is 398 g/mol. The van der Waals surface area contributed by atoms with Gasteiger partial charge in [-0.15, -0.1) is 0 Å². The first-order valence-corrected chi connectivity index (χ1v) is 11.3. The van der Waals surface area contributed by atoms with Crippen LogP contribution in [0.5, 0.6) is 0 Å². The van der Waals surface area contributed by atoms with Crippen molar-refractivity contribution in [2.75, 3.05) is 11.9 Å². The average Bonchev–Trinajstić information content (AvgIpc) is 3.30. The van der Waals surface area contributed by atoms with Crippen molar-refractivity contribution in [1.82, 2.24) is 9.71 Å². The van der Waals surface area contributed by atoms with Crippen LogP contribution in [0.15, 0.2) is 51.8 Å². The number of nitrogens with one attached hydrogen (secondary N) is 2. The fourth-order valence-electron chi connectivity index (χ4n) is 3.46. The van der Waals surface area contributed by atoms with Gasteiger partial charge in [0.2, 0.25) is 10.0 Å². The first-order valence-electron chi connectivity index (χ1n) is 9.41. The standard InChI is InChI=1S/C20H22ClN3O3S/c21-15-7-10-19-18(13-15)23-20(27-19)22-12-11-14-5-8-17(9-6-14)28(25,26)24-16-3-1-2-4-16/h5-10,13,16,24H,1-4,11-12H2,(H,22,23). The predicted octanol–water partition coefficient (Wildman–Crippen LogP) is 4.36. The van der Waals surface area contributed by atoms with Crippen LogP contribution in [0.1, 0.15) is 31.2 Å². The number of nitrogens with zero attached hydrogens (tertiary/aromatic N) is 1. The van der Waals surface area contributed by atoms with Crippen molar-refractivity contribution in [3.8, 4) is 0 Å². The third-order valence-electron chi connectivity index (χ3n) is 4.95. The average molecular weight is 420 g/mol. The largest absolute Gasteiger partial charge is 0.424 e. The molecule has 4 rings (SSSR count). The normalized spacial score (nSPS) is 15.3. The van der Waals surface area contributed by atoms with E-state index in [1.807, 2.05) is 12.1 Å². The molecule has 28 heavy (non-hydrogen) atoms. The molecule has 1 aliphatic rings. The van der Waals surface area contributed by atoms with Crippen molar-refractivity contribution in [3.63, 3.8) is 0 Å². The number of aromatic nitrogens is 1. The van der Waals surface area contributed by atoms with Crippen LogP contribution < -0.4 is 10.0 Å². The first-order chi connectivity index (χ1) is 13.5. The molecular formula is C20H22ClN3O3S. The number of anilines is 1. The Kier molecular flexibility index (Phi) is 5.57. The molecule has 2 N–H and O–H groups in total. The lowest BCUT2D eigenvalue weighted by Gasteiger charge is -2.12. The maximum atomic E-state index is 12.5. The van der Waals surface area contributed by atoms with Gasteiger partial charge in [0.1, 0.15) is 5.52 Å². The summed E-state index contributed by atoms with van der Waals surface area (Å²) in [5, 5.41) is 3.76. The number of oxazole rings is 1. The van der Waals surface area contributed by atoms with Crippen LogP contribution in [0, 0.1) is 0 Å². The minimum atomic E-state index is -3.44. The predicted molar refractivity (Wildman–Crippen MR) is 110 cm³/mol. The van der Waals surface area contributed by atoms with Crippen molar-refractivity contribution in [2.45, 2.75) is 43.0 Å². The number of fused-ring (bicyclic) bond motifs is 1. The first kappa shape index (κ1) is 19.2. The molecule has 0 radical (unpaired) electrons. The Morgan fingerprint density at radius 1 is 1.11 bits per heavy atom. The van der Waals surface area contributed by atoms with Crippen molar-refractivity contribution in [2.24, 2.45) is 0 Å². The second-order valence-corrected chi connectivity index (χ2v) is 9.20. The van der Waals surface area contributed by atoms with Gasteiger partial charge < -0.3 is 9.73 Å². The Labute approximate surface area is 169 Å². The number of rotatable bonds is 7. The molecule has 2 aromatic carbocycles. The maximum Gasteiger partial charge on any atom is 0.295 e. The van der Waals surface area contributed by atoms with Gasteiger partial charge in [0.25, 0.3) is 6.01 Å². The Morgan fingerprint density at radius 2 is 1.86 bits per heavy atom. The highest BCUT2D eigenvalue weighted by molar-refractivity contribution is 7.89. The van der Waals surface area contributed by atoms with Gasteiger partial charge in [0, 0.05) is 17.6 Å². The van der Waals surface area contributed by atoms with Gasteiger partial charge in [-0.05, 0) is 55.2 Å². The topological polar surface area (TPSA) is 84.2 Å². The van der Waals surface area contributed by atoms with Gasteiger partial charge in [0.05, 0.1) is 4.90 Å². The Bertz CT molecular complexity index is 1060. The Balaban J connectivity index is 1.33. The molecule has 0 atom stereocenters. The number of benzene rings is 2. The fourth-order valence-corrected chi connectivity index (χ4v) is 4.93. The fraction of sp³-hybridized carbons (Fsp3) is 0.350. The third kappa shape index (κ3) is 4.48. The van der Waals surface area contributed by atoms with E-state index in [9.17, 15) is 8.42 Å². The molecule has 3 aromatic rings. The number of halogens is 1. The number of hydrogen-bond acceptors (Lipinski definition) is 5. The molecule has 6 nitrogen and oxygen atoms in total. The second-order valence-electron chi connectivity index (χ2n) is 7.05. The molecule has 148 valence electrons. The summed E-state index contributed by atoms with van der Waals surface area (Å²) in [6.07, 6.45) is 4.74. The molecule has 0 unspecified atom stereocenters. The van der Waals surface area contributed by atoms with E-state index in [1.165, 1.54) is 0 Å². The quantitative estimate of drug-likeness (QED) is 0.594. The molecule has 1 aliphatic carbocycles. The molecule has 0 spiro atoms. The Hall–Kier alpha value is -2.09. The summed E-state index contributed by atoms with van der Waals surface area (Å²) in [7, 11) is -3.44. The van der Waals surface area contributed by atoms with E-state index in [0.717, 1.165) is 37.7 Å². The monoisotopic (exact) mass is 419 g/mol. The summed E-state index contributed by atoms with van der Waals surface area (Å²) in [4.78, 5) is 4.66. The SMILES string of the molecule is O=S(=O)(NC1CCCC1)c1ccc(CCNc2nc3cc(Cl)ccc3o2)cc1. The molecule has 0 aliphatic heterocycles. The molecule has 0 amide bonds. The van der Waals surface area contributed by atoms with E-state index in [2.05, 4.69) is 15.0 Å². The van der Waals surface area contributed by atoms with Gasteiger partial charge >= 0.3 is 0 Å². The maximum absolute atomic E-state index is 12.5. The highest BCUT2D eigenvalue weighted by Gasteiger charge is 2.22. The lowest BCUT2D eigenvalue weighted by molar-refractivity contribution is 0.552. The van der Waals surface area contributed by atoms with Gasteiger partial charge in [-0.3, -0.25) is 0 Å². The van der Waals surface area contributed by atoms with Crippen molar-refractivity contribution in [1.29, 1.82) is 0 Å². The van der Waals surface area contributed by atoms with Crippen LogP contribution in [-0.2, 0) is 16.4 Å². The minimum Gasteiger partial charge on any atom is -0.424 e. The smallest absolute Gasteiger partial charge is 0.295 e. The van der Waals surface area contributed by atoms with Crippen LogP contribution in [0.2, 0.25) is 5.02 Å². The summed E-state index contributed by atoms with van der Waals surface area (Å²) in [5.41, 5.74) is 2.42. The van der Waals surface area contributed by atoms with Gasteiger partial charge in [-0.25, -0.2) is 13.1 Å². The van der Waals surface area contributed by atoms with E-state index in [1.54, 1.807) is 30.3 Å². The van der Waals surface area contributed by atoms with E-state index in [4.69, 9.17) is 16.0 Å². The highest BCUT2D eigenvalue weighted by atomic mass is 35.5. The van der Waals surface area contributed by atoms with Crippen molar-refractivity contribution >= 4 is 38.7 Å². The summed E-state index contributed by atoms with van der Waals surface area (Å²) < 4.78 is 33.3. The van der Waals surface area contributed by atoms with Crippen molar-refractivity contribution < 1.29 is 12.8 Å². The number of sulfonamides is 1. The zero-order valence-corrected chi connectivity index (χ0v) is 16.9. The van der Waals surface area contributed by atoms with E-state index < -0.39 is 10.0 Å². The summed E-state index contributed by atoms with van der Waals surface area (Å²) in [6.45, 7) is 0.618.